The molecule has 0 radical (unpaired) electrons. The first-order valence-electron chi connectivity index (χ1n) is 14.1. The van der Waals surface area contributed by atoms with Crippen molar-refractivity contribution in [3.8, 4) is 5.75 Å². The van der Waals surface area contributed by atoms with Gasteiger partial charge in [-0.3, -0.25) is 9.59 Å². The number of benzene rings is 2. The lowest BCUT2D eigenvalue weighted by Crippen LogP contribution is -2.32. The van der Waals surface area contributed by atoms with Crippen LogP contribution in [0.2, 0.25) is 0 Å². The predicted molar refractivity (Wildman–Crippen MR) is 153 cm³/mol. The fourth-order valence-corrected chi connectivity index (χ4v) is 7.17. The fourth-order valence-electron chi connectivity index (χ4n) is 6.23. The first kappa shape index (κ1) is 27.5. The van der Waals surface area contributed by atoms with Crippen molar-refractivity contribution in [2.75, 3.05) is 13.7 Å². The van der Waals surface area contributed by atoms with Gasteiger partial charge in [-0.1, -0.05) is 43.2 Å². The molecule has 3 aromatic rings. The third-order valence-corrected chi connectivity index (χ3v) is 9.36. The molecule has 2 aliphatic rings. The van der Waals surface area contributed by atoms with Gasteiger partial charge in [0, 0.05) is 35.2 Å². The highest BCUT2D eigenvalue weighted by Crippen LogP contribution is 2.36. The van der Waals surface area contributed by atoms with Gasteiger partial charge in [-0.2, -0.15) is 0 Å². The summed E-state index contributed by atoms with van der Waals surface area (Å²) >= 11 is 1.59. The normalized spacial score (nSPS) is 19.3. The summed E-state index contributed by atoms with van der Waals surface area (Å²) in [5.41, 5.74) is 2.99. The van der Waals surface area contributed by atoms with Crippen LogP contribution in [0, 0.1) is 18.8 Å². The molecule has 1 aliphatic carbocycles. The number of thiazole rings is 1. The quantitative estimate of drug-likeness (QED) is 0.297. The van der Waals surface area contributed by atoms with Gasteiger partial charge in [-0.25, -0.2) is 4.98 Å². The van der Waals surface area contributed by atoms with Gasteiger partial charge in [0.05, 0.1) is 19.3 Å². The maximum absolute atomic E-state index is 13.7. The SMILES string of the molecule is COc1cc(C(=O)C[C@@H](Cc2ccccc2)[C@H](O)C2CCCC2)cc(C(=O)N2CCC[C@@H]2c2nc(C)cs2)c1. The standard InChI is InChI=1S/C32H38N2O4S/c1-21-20-39-31(33-21)28-13-8-14-34(28)32(37)26-16-24(17-27(18-26)38-2)29(35)19-25(15-22-9-4-3-5-10-22)30(36)23-11-6-7-12-23/h3-5,9-10,16-18,20,23,25,28,30,36H,6-8,11-15,19H2,1-2H3/t25-,28-,30-/m1/s1. The number of hydrogen-bond donors (Lipinski definition) is 1. The molecule has 0 spiro atoms. The van der Waals surface area contributed by atoms with Crippen LogP contribution in [0.15, 0.2) is 53.9 Å². The zero-order valence-corrected chi connectivity index (χ0v) is 23.7. The van der Waals surface area contributed by atoms with Gasteiger partial charge in [-0.05, 0) is 74.6 Å². The van der Waals surface area contributed by atoms with Crippen molar-refractivity contribution in [1.29, 1.82) is 0 Å². The Bertz CT molecular complexity index is 1280. The molecule has 6 nitrogen and oxygen atoms in total. The summed E-state index contributed by atoms with van der Waals surface area (Å²) in [7, 11) is 1.55. The highest BCUT2D eigenvalue weighted by atomic mass is 32.1. The Morgan fingerprint density at radius 1 is 1.08 bits per heavy atom. The number of aromatic nitrogens is 1. The summed E-state index contributed by atoms with van der Waals surface area (Å²) < 4.78 is 5.52. The van der Waals surface area contributed by atoms with Gasteiger partial charge in [0.15, 0.2) is 5.78 Å². The van der Waals surface area contributed by atoms with Gasteiger partial charge in [0.1, 0.15) is 10.8 Å². The van der Waals surface area contributed by atoms with Crippen LogP contribution in [0.3, 0.4) is 0 Å². The van der Waals surface area contributed by atoms with E-state index in [-0.39, 0.29) is 36.0 Å². The fraction of sp³-hybridized carbons (Fsp3) is 0.469. The highest BCUT2D eigenvalue weighted by molar-refractivity contribution is 7.09. The molecule has 206 valence electrons. The number of hydrogen-bond acceptors (Lipinski definition) is 6. The van der Waals surface area contributed by atoms with E-state index in [2.05, 4.69) is 17.1 Å². The molecule has 0 unspecified atom stereocenters. The van der Waals surface area contributed by atoms with Gasteiger partial charge in [0.25, 0.3) is 5.91 Å². The van der Waals surface area contributed by atoms with E-state index in [0.717, 1.165) is 54.8 Å². The number of rotatable bonds is 10. The van der Waals surface area contributed by atoms with Gasteiger partial charge >= 0.3 is 0 Å². The van der Waals surface area contributed by atoms with Crippen LogP contribution in [0.25, 0.3) is 0 Å². The Morgan fingerprint density at radius 3 is 2.51 bits per heavy atom. The van der Waals surface area contributed by atoms with E-state index in [4.69, 9.17) is 4.74 Å². The van der Waals surface area contributed by atoms with E-state index in [1.165, 1.54) is 0 Å². The number of aliphatic hydroxyl groups is 1. The number of ketones is 1. The molecule has 2 heterocycles. The first-order valence-corrected chi connectivity index (χ1v) is 15.0. The molecule has 2 aromatic carbocycles. The van der Waals surface area contributed by atoms with Gasteiger partial charge in [-0.15, -0.1) is 11.3 Å². The summed E-state index contributed by atoms with van der Waals surface area (Å²) in [5, 5.41) is 14.3. The van der Waals surface area contributed by atoms with Crippen molar-refractivity contribution in [3.05, 3.63) is 81.3 Å². The summed E-state index contributed by atoms with van der Waals surface area (Å²) in [4.78, 5) is 34.0. The minimum atomic E-state index is -0.532. The van der Waals surface area contributed by atoms with Crippen LogP contribution in [-0.2, 0) is 6.42 Å². The zero-order chi connectivity index (χ0) is 27.4. The van der Waals surface area contributed by atoms with E-state index in [1.807, 2.05) is 35.4 Å². The highest BCUT2D eigenvalue weighted by Gasteiger charge is 2.34. The van der Waals surface area contributed by atoms with Crippen LogP contribution in [0.4, 0.5) is 0 Å². The van der Waals surface area contributed by atoms with E-state index in [1.54, 1.807) is 36.6 Å². The molecule has 5 rings (SSSR count). The van der Waals surface area contributed by atoms with Crippen molar-refractivity contribution < 1.29 is 19.4 Å². The summed E-state index contributed by atoms with van der Waals surface area (Å²) in [6.07, 6.45) is 6.42. The minimum Gasteiger partial charge on any atom is -0.497 e. The predicted octanol–water partition coefficient (Wildman–Crippen LogP) is 6.42. The number of ether oxygens (including phenoxy) is 1. The first-order chi connectivity index (χ1) is 18.9. The van der Waals surface area contributed by atoms with E-state index in [9.17, 15) is 14.7 Å². The van der Waals surface area contributed by atoms with Crippen LogP contribution in [0.1, 0.15) is 88.0 Å². The summed E-state index contributed by atoms with van der Waals surface area (Å²) in [6.45, 7) is 2.63. The lowest BCUT2D eigenvalue weighted by molar-refractivity contribution is 0.0456. The van der Waals surface area contributed by atoms with Crippen molar-refractivity contribution >= 4 is 23.0 Å². The molecule has 1 aromatic heterocycles. The largest absolute Gasteiger partial charge is 0.497 e. The Hall–Kier alpha value is -3.03. The molecule has 0 bridgehead atoms. The zero-order valence-electron chi connectivity index (χ0n) is 22.8. The second-order valence-electron chi connectivity index (χ2n) is 11.0. The van der Waals surface area contributed by atoms with Crippen molar-refractivity contribution in [2.45, 2.75) is 70.4 Å². The Balaban J connectivity index is 1.38. The smallest absolute Gasteiger partial charge is 0.254 e. The molecule has 39 heavy (non-hydrogen) atoms. The van der Waals surface area contributed by atoms with Crippen LogP contribution in [-0.4, -0.2) is 46.4 Å². The van der Waals surface area contributed by atoms with Crippen molar-refractivity contribution in [3.63, 3.8) is 0 Å². The number of methoxy groups -OCH3 is 1. The van der Waals surface area contributed by atoms with E-state index < -0.39 is 6.10 Å². The topological polar surface area (TPSA) is 79.7 Å². The number of aliphatic hydroxyl groups excluding tert-OH is 1. The number of nitrogens with zero attached hydrogens (tertiary/aromatic N) is 2. The van der Waals surface area contributed by atoms with Crippen molar-refractivity contribution in [1.82, 2.24) is 9.88 Å². The third kappa shape index (κ3) is 6.42. The maximum Gasteiger partial charge on any atom is 0.254 e. The molecule has 1 aliphatic heterocycles. The number of carbonyl (C=O) groups is 2. The molecular weight excluding hydrogens is 508 g/mol. The van der Waals surface area contributed by atoms with Gasteiger partial charge < -0.3 is 14.7 Å². The third-order valence-electron chi connectivity index (χ3n) is 8.30. The molecular formula is C32H38N2O4S. The Kier molecular flexibility index (Phi) is 8.78. The minimum absolute atomic E-state index is 0.0432. The molecule has 1 amide bonds. The van der Waals surface area contributed by atoms with E-state index >= 15 is 0 Å². The molecule has 1 saturated carbocycles. The van der Waals surface area contributed by atoms with Crippen LogP contribution < -0.4 is 4.74 Å². The number of carbonyl (C=O) groups excluding carboxylic acids is 2. The Labute approximate surface area is 235 Å². The molecule has 1 N–H and O–H groups in total. The number of likely N-dealkylation sites (tertiary alicyclic amines) is 1. The van der Waals surface area contributed by atoms with E-state index in [0.29, 0.717) is 29.8 Å². The summed E-state index contributed by atoms with van der Waals surface area (Å²) in [5.74, 6) is 0.348. The summed E-state index contributed by atoms with van der Waals surface area (Å²) in [6, 6.07) is 15.2. The monoisotopic (exact) mass is 546 g/mol. The molecule has 1 saturated heterocycles. The second-order valence-corrected chi connectivity index (χ2v) is 11.9. The average molecular weight is 547 g/mol. The lowest BCUT2D eigenvalue weighted by Gasteiger charge is -2.27. The number of Topliss-reactive ketones (excluding diaryl/α,β-unsaturated/α-hetero) is 1. The number of amides is 1. The molecule has 3 atom stereocenters. The maximum atomic E-state index is 13.7. The lowest BCUT2D eigenvalue weighted by atomic mass is 9.81. The van der Waals surface area contributed by atoms with Crippen LogP contribution in [0.5, 0.6) is 5.75 Å². The van der Waals surface area contributed by atoms with Crippen LogP contribution >= 0.6 is 11.3 Å². The number of aryl methyl sites for hydroxylation is 1. The second kappa shape index (κ2) is 12.4. The molecule has 7 heteroatoms. The van der Waals surface area contributed by atoms with Crippen molar-refractivity contribution in [2.24, 2.45) is 11.8 Å². The Morgan fingerprint density at radius 2 is 1.82 bits per heavy atom. The molecule has 2 fully saturated rings. The average Bonchev–Trinajstić information content (AvgIpc) is 3.74. The van der Waals surface area contributed by atoms with Gasteiger partial charge in [0.2, 0.25) is 0 Å².